The van der Waals surface area contributed by atoms with E-state index in [1.54, 1.807) is 12.1 Å². The van der Waals surface area contributed by atoms with Crippen LogP contribution in [-0.4, -0.2) is 12.4 Å². The third kappa shape index (κ3) is 3.67. The second-order valence-electron chi connectivity index (χ2n) is 4.29. The molecule has 3 heteroatoms. The van der Waals surface area contributed by atoms with Crippen LogP contribution in [0.15, 0.2) is 24.3 Å². The second kappa shape index (κ2) is 6.56. The normalized spacial score (nSPS) is 10.9. The monoisotopic (exact) mass is 249 g/mol. The summed E-state index contributed by atoms with van der Waals surface area (Å²) in [4.78, 5) is 0. The average molecular weight is 249 g/mol. The lowest BCUT2D eigenvalue weighted by Crippen LogP contribution is -2.29. The molecular formula is C14H19NOS. The van der Waals surface area contributed by atoms with E-state index < -0.39 is 0 Å². The Labute approximate surface area is 109 Å². The molecule has 0 saturated carbocycles. The van der Waals surface area contributed by atoms with Crippen molar-refractivity contribution in [1.29, 1.82) is 5.26 Å². The summed E-state index contributed by atoms with van der Waals surface area (Å²) in [6, 6.07) is 9.32. The zero-order chi connectivity index (χ0) is 12.7. The van der Waals surface area contributed by atoms with E-state index in [4.69, 9.17) is 10.00 Å². The van der Waals surface area contributed by atoms with Crippen LogP contribution in [0.25, 0.3) is 0 Å². The summed E-state index contributed by atoms with van der Waals surface area (Å²) in [6.07, 6.45) is 2.12. The van der Waals surface area contributed by atoms with Gasteiger partial charge in [0.2, 0.25) is 0 Å². The van der Waals surface area contributed by atoms with Gasteiger partial charge < -0.3 is 4.74 Å². The van der Waals surface area contributed by atoms with Crippen LogP contribution in [0.2, 0.25) is 0 Å². The highest BCUT2D eigenvalue weighted by Gasteiger charge is 2.25. The maximum Gasteiger partial charge on any atom is 0.119 e. The quantitative estimate of drug-likeness (QED) is 0.780. The first-order chi connectivity index (χ1) is 8.19. The first-order valence-corrected chi connectivity index (χ1v) is 6.56. The minimum absolute atomic E-state index is 0.150. The summed E-state index contributed by atoms with van der Waals surface area (Å²) in [5, 5.41) is 8.70. The van der Waals surface area contributed by atoms with Crippen molar-refractivity contribution in [2.45, 2.75) is 26.7 Å². The van der Waals surface area contributed by atoms with Crippen molar-refractivity contribution in [3.8, 4) is 11.8 Å². The molecular weight excluding hydrogens is 230 g/mol. The van der Waals surface area contributed by atoms with Crippen LogP contribution < -0.4 is 4.74 Å². The maximum atomic E-state index is 8.70. The highest BCUT2D eigenvalue weighted by atomic mass is 32.1. The van der Waals surface area contributed by atoms with Crippen molar-refractivity contribution in [1.82, 2.24) is 0 Å². The number of thiol groups is 1. The van der Waals surface area contributed by atoms with Crippen molar-refractivity contribution in [3.63, 3.8) is 0 Å². The smallest absolute Gasteiger partial charge is 0.119 e. The zero-order valence-electron chi connectivity index (χ0n) is 10.4. The van der Waals surface area contributed by atoms with Crippen molar-refractivity contribution in [2.24, 2.45) is 5.41 Å². The van der Waals surface area contributed by atoms with E-state index in [9.17, 15) is 0 Å². The lowest BCUT2D eigenvalue weighted by atomic mass is 9.85. The first kappa shape index (κ1) is 13.9. The van der Waals surface area contributed by atoms with Crippen LogP contribution >= 0.6 is 12.6 Å². The summed E-state index contributed by atoms with van der Waals surface area (Å²) in [7, 11) is 0. The molecule has 92 valence electrons. The van der Waals surface area contributed by atoms with Crippen molar-refractivity contribution in [2.75, 3.05) is 12.4 Å². The van der Waals surface area contributed by atoms with Gasteiger partial charge in [-0.05, 0) is 42.9 Å². The molecule has 1 rings (SSSR count). The Bertz CT molecular complexity index is 368. The Morgan fingerprint density at radius 2 is 1.82 bits per heavy atom. The Balaban J connectivity index is 2.63. The third-order valence-electron chi connectivity index (χ3n) is 3.36. The molecule has 0 aromatic heterocycles. The van der Waals surface area contributed by atoms with Gasteiger partial charge in [0.05, 0.1) is 18.2 Å². The van der Waals surface area contributed by atoms with E-state index in [1.807, 2.05) is 12.1 Å². The van der Waals surface area contributed by atoms with Crippen molar-refractivity contribution < 1.29 is 4.74 Å². The molecule has 1 aromatic rings. The fourth-order valence-corrected chi connectivity index (χ4v) is 2.12. The van der Waals surface area contributed by atoms with Gasteiger partial charge in [0, 0.05) is 5.41 Å². The molecule has 0 saturated heterocycles. The average Bonchev–Trinajstić information content (AvgIpc) is 2.41. The lowest BCUT2D eigenvalue weighted by molar-refractivity contribution is 0.157. The molecule has 0 fully saturated rings. The molecule has 0 aliphatic rings. The standard InChI is InChI=1S/C14H19NOS/c1-3-14(4-2,11-17)10-16-13-7-5-12(9-15)6-8-13/h5-8,17H,3-4,10-11H2,1-2H3. The summed E-state index contributed by atoms with van der Waals surface area (Å²) >= 11 is 4.42. The molecule has 0 bridgehead atoms. The van der Waals surface area contributed by atoms with Gasteiger partial charge in [0.1, 0.15) is 5.75 Å². The van der Waals surface area contributed by atoms with Gasteiger partial charge in [-0.3, -0.25) is 0 Å². The largest absolute Gasteiger partial charge is 0.493 e. The maximum absolute atomic E-state index is 8.70. The fourth-order valence-electron chi connectivity index (χ4n) is 1.59. The number of nitrogens with zero attached hydrogens (tertiary/aromatic N) is 1. The van der Waals surface area contributed by atoms with Gasteiger partial charge in [-0.25, -0.2) is 0 Å². The summed E-state index contributed by atoms with van der Waals surface area (Å²) in [5.41, 5.74) is 0.806. The Morgan fingerprint density at radius 1 is 1.24 bits per heavy atom. The molecule has 0 atom stereocenters. The molecule has 2 nitrogen and oxygen atoms in total. The van der Waals surface area contributed by atoms with Crippen LogP contribution in [0.5, 0.6) is 5.75 Å². The topological polar surface area (TPSA) is 33.0 Å². The van der Waals surface area contributed by atoms with Crippen molar-refractivity contribution in [3.05, 3.63) is 29.8 Å². The second-order valence-corrected chi connectivity index (χ2v) is 4.61. The number of rotatable bonds is 6. The number of hydrogen-bond donors (Lipinski definition) is 1. The van der Waals surface area contributed by atoms with E-state index in [1.165, 1.54) is 0 Å². The van der Waals surface area contributed by atoms with E-state index >= 15 is 0 Å². The Kier molecular flexibility index (Phi) is 5.37. The van der Waals surface area contributed by atoms with Crippen molar-refractivity contribution >= 4 is 12.6 Å². The number of benzene rings is 1. The van der Waals surface area contributed by atoms with Gasteiger partial charge in [-0.15, -0.1) is 0 Å². The van der Waals surface area contributed by atoms with Gasteiger partial charge in [0.15, 0.2) is 0 Å². The molecule has 0 aliphatic carbocycles. The number of nitriles is 1. The molecule has 1 aromatic carbocycles. The molecule has 0 aliphatic heterocycles. The number of hydrogen-bond acceptors (Lipinski definition) is 3. The van der Waals surface area contributed by atoms with Crippen LogP contribution in [0.1, 0.15) is 32.3 Å². The fraction of sp³-hybridized carbons (Fsp3) is 0.500. The van der Waals surface area contributed by atoms with Gasteiger partial charge in [-0.2, -0.15) is 17.9 Å². The lowest BCUT2D eigenvalue weighted by Gasteiger charge is -2.29. The summed E-state index contributed by atoms with van der Waals surface area (Å²) in [5.74, 6) is 1.65. The van der Waals surface area contributed by atoms with Gasteiger partial charge in [0.25, 0.3) is 0 Å². The predicted molar refractivity (Wildman–Crippen MR) is 73.5 cm³/mol. The molecule has 17 heavy (non-hydrogen) atoms. The first-order valence-electron chi connectivity index (χ1n) is 5.93. The van der Waals surface area contributed by atoms with Crippen LogP contribution in [-0.2, 0) is 0 Å². The third-order valence-corrected chi connectivity index (χ3v) is 4.03. The molecule has 0 N–H and O–H groups in total. The van der Waals surface area contributed by atoms with E-state index in [0.717, 1.165) is 24.3 Å². The zero-order valence-corrected chi connectivity index (χ0v) is 11.3. The number of ether oxygens (including phenoxy) is 1. The predicted octanol–water partition coefficient (Wildman–Crippen LogP) is 3.67. The van der Waals surface area contributed by atoms with Crippen LogP contribution in [0.3, 0.4) is 0 Å². The highest BCUT2D eigenvalue weighted by molar-refractivity contribution is 7.80. The molecule has 0 spiro atoms. The molecule has 0 amide bonds. The Morgan fingerprint density at radius 3 is 2.24 bits per heavy atom. The minimum atomic E-state index is 0.150. The summed E-state index contributed by atoms with van der Waals surface area (Å²) in [6.45, 7) is 5.01. The van der Waals surface area contributed by atoms with Gasteiger partial charge >= 0.3 is 0 Å². The summed E-state index contributed by atoms with van der Waals surface area (Å²) < 4.78 is 5.79. The Hall–Kier alpha value is -1.14. The molecule has 0 heterocycles. The highest BCUT2D eigenvalue weighted by Crippen LogP contribution is 2.28. The minimum Gasteiger partial charge on any atom is -0.493 e. The molecule has 0 radical (unpaired) electrons. The van der Waals surface area contributed by atoms with Crippen LogP contribution in [0.4, 0.5) is 0 Å². The van der Waals surface area contributed by atoms with E-state index in [-0.39, 0.29) is 5.41 Å². The van der Waals surface area contributed by atoms with Crippen LogP contribution in [0, 0.1) is 16.7 Å². The van der Waals surface area contributed by atoms with E-state index in [0.29, 0.717) is 12.2 Å². The SMILES string of the molecule is CCC(CC)(CS)COc1ccc(C#N)cc1. The van der Waals surface area contributed by atoms with Gasteiger partial charge in [-0.1, -0.05) is 13.8 Å². The van der Waals surface area contributed by atoms with E-state index in [2.05, 4.69) is 32.5 Å². The molecule has 0 unspecified atom stereocenters.